The molecule has 0 aliphatic carbocycles. The van der Waals surface area contributed by atoms with Gasteiger partial charge in [0.05, 0.1) is 4.90 Å². The van der Waals surface area contributed by atoms with Crippen molar-refractivity contribution in [2.45, 2.75) is 24.7 Å². The number of hydrogen-bond donors (Lipinski definition) is 2. The number of benzene rings is 1. The molecule has 0 saturated carbocycles. The van der Waals surface area contributed by atoms with Crippen molar-refractivity contribution in [3.8, 4) is 0 Å². The van der Waals surface area contributed by atoms with Crippen molar-refractivity contribution < 1.29 is 8.42 Å². The predicted octanol–water partition coefficient (Wildman–Crippen LogP) is 1.77. The number of nitrogens with one attached hydrogen (secondary N) is 1. The van der Waals surface area contributed by atoms with E-state index in [1.807, 2.05) is 0 Å². The van der Waals surface area contributed by atoms with E-state index in [1.165, 1.54) is 0 Å². The van der Waals surface area contributed by atoms with Crippen LogP contribution in [0.3, 0.4) is 0 Å². The van der Waals surface area contributed by atoms with Crippen LogP contribution in [0.25, 0.3) is 0 Å². The van der Waals surface area contributed by atoms with Crippen molar-refractivity contribution in [3.05, 3.63) is 28.2 Å². The molecule has 0 spiro atoms. The van der Waals surface area contributed by atoms with Gasteiger partial charge in [0.1, 0.15) is 0 Å². The normalized spacial score (nSPS) is 11.7. The molecule has 0 atom stereocenters. The van der Waals surface area contributed by atoms with E-state index in [9.17, 15) is 8.42 Å². The van der Waals surface area contributed by atoms with Crippen LogP contribution >= 0.6 is 15.9 Å². The molecule has 0 aliphatic rings. The van der Waals surface area contributed by atoms with E-state index in [4.69, 9.17) is 5.73 Å². The topological polar surface area (TPSA) is 72.2 Å². The zero-order chi connectivity index (χ0) is 12.9. The molecule has 4 nitrogen and oxygen atoms in total. The van der Waals surface area contributed by atoms with Gasteiger partial charge in [0.2, 0.25) is 10.0 Å². The Balaban J connectivity index is 2.76. The molecule has 0 saturated heterocycles. The van der Waals surface area contributed by atoms with Crippen molar-refractivity contribution in [1.29, 1.82) is 0 Å². The van der Waals surface area contributed by atoms with Gasteiger partial charge >= 0.3 is 0 Å². The molecule has 1 aromatic carbocycles. The molecule has 6 heteroatoms. The zero-order valence-corrected chi connectivity index (χ0v) is 12.1. The van der Waals surface area contributed by atoms with Crippen LogP contribution in [0.2, 0.25) is 0 Å². The maximum Gasteiger partial charge on any atom is 0.240 e. The Hall–Kier alpha value is -0.430. The Kier molecular flexibility index (Phi) is 5.58. The molecule has 0 heterocycles. The van der Waals surface area contributed by atoms with E-state index in [-0.39, 0.29) is 0 Å². The zero-order valence-electron chi connectivity index (χ0n) is 9.74. The average molecular weight is 321 g/mol. The molecule has 96 valence electrons. The fourth-order valence-electron chi connectivity index (χ4n) is 1.47. The summed E-state index contributed by atoms with van der Waals surface area (Å²) in [6.07, 6.45) is 1.58. The molecule has 17 heavy (non-hydrogen) atoms. The summed E-state index contributed by atoms with van der Waals surface area (Å²) in [4.78, 5) is 0.327. The highest BCUT2D eigenvalue weighted by molar-refractivity contribution is 9.10. The highest BCUT2D eigenvalue weighted by atomic mass is 79.9. The van der Waals surface area contributed by atoms with Crippen LogP contribution < -0.4 is 10.5 Å². The summed E-state index contributed by atoms with van der Waals surface area (Å²) in [5, 5.41) is 0. The van der Waals surface area contributed by atoms with E-state index in [1.54, 1.807) is 25.1 Å². The van der Waals surface area contributed by atoms with Crippen LogP contribution in [0.15, 0.2) is 27.6 Å². The number of rotatable bonds is 6. The molecule has 1 aromatic rings. The molecule has 1 rings (SSSR count). The quantitative estimate of drug-likeness (QED) is 0.785. The summed E-state index contributed by atoms with van der Waals surface area (Å²) in [6.45, 7) is 2.79. The third-order valence-corrected chi connectivity index (χ3v) is 4.46. The van der Waals surface area contributed by atoms with Crippen molar-refractivity contribution in [2.24, 2.45) is 5.73 Å². The number of aryl methyl sites for hydroxylation is 1. The summed E-state index contributed by atoms with van der Waals surface area (Å²) in [5.74, 6) is 0. The molecular formula is C11H17BrN2O2S. The van der Waals surface area contributed by atoms with Gasteiger partial charge in [0, 0.05) is 11.0 Å². The summed E-state index contributed by atoms with van der Waals surface area (Å²) < 4.78 is 27.4. The van der Waals surface area contributed by atoms with Gasteiger partial charge in [0.25, 0.3) is 0 Å². The molecular weight excluding hydrogens is 304 g/mol. The van der Waals surface area contributed by atoms with E-state index < -0.39 is 10.0 Å². The number of unbranched alkanes of at least 4 members (excludes halogenated alkanes) is 1. The number of hydrogen-bond acceptors (Lipinski definition) is 3. The van der Waals surface area contributed by atoms with Crippen molar-refractivity contribution in [3.63, 3.8) is 0 Å². The van der Waals surface area contributed by atoms with Gasteiger partial charge in [-0.2, -0.15) is 0 Å². The maximum atomic E-state index is 12.0. The number of halogens is 1. The first-order valence-electron chi connectivity index (χ1n) is 5.43. The molecule has 3 N–H and O–H groups in total. The Morgan fingerprint density at radius 2 is 2.06 bits per heavy atom. The van der Waals surface area contributed by atoms with E-state index in [2.05, 4.69) is 20.7 Å². The van der Waals surface area contributed by atoms with Crippen LogP contribution in [-0.2, 0) is 10.0 Å². The van der Waals surface area contributed by atoms with Gasteiger partial charge in [-0.3, -0.25) is 0 Å². The van der Waals surface area contributed by atoms with Gasteiger partial charge in [0.15, 0.2) is 0 Å². The minimum Gasteiger partial charge on any atom is -0.330 e. The maximum absolute atomic E-state index is 12.0. The van der Waals surface area contributed by atoms with Crippen LogP contribution in [0.1, 0.15) is 18.4 Å². The lowest BCUT2D eigenvalue weighted by Gasteiger charge is -2.09. The molecule has 0 unspecified atom stereocenters. The van der Waals surface area contributed by atoms with Crippen LogP contribution in [-0.4, -0.2) is 21.5 Å². The van der Waals surface area contributed by atoms with Crippen LogP contribution in [0.4, 0.5) is 0 Å². The second-order valence-electron chi connectivity index (χ2n) is 3.80. The highest BCUT2D eigenvalue weighted by Crippen LogP contribution is 2.19. The lowest BCUT2D eigenvalue weighted by Crippen LogP contribution is -2.25. The summed E-state index contributed by atoms with van der Waals surface area (Å²) >= 11 is 3.31. The molecule has 0 aliphatic heterocycles. The Bertz CT molecular complexity index is 474. The van der Waals surface area contributed by atoms with Crippen molar-refractivity contribution >= 4 is 26.0 Å². The molecule has 0 fully saturated rings. The monoisotopic (exact) mass is 320 g/mol. The third kappa shape index (κ3) is 4.39. The smallest absolute Gasteiger partial charge is 0.240 e. The van der Waals surface area contributed by atoms with Gasteiger partial charge in [-0.15, -0.1) is 0 Å². The average Bonchev–Trinajstić information content (AvgIpc) is 2.24. The predicted molar refractivity (Wildman–Crippen MR) is 72.4 cm³/mol. The standard InChI is InChI=1S/C11H17BrN2O2S/c1-9-8-10(12)4-5-11(9)17(15,16)14-7-3-2-6-13/h4-5,8,14H,2-3,6-7,13H2,1H3. The summed E-state index contributed by atoms with van der Waals surface area (Å²) in [7, 11) is -3.40. The minimum absolute atomic E-state index is 0.327. The fourth-order valence-corrected chi connectivity index (χ4v) is 3.24. The van der Waals surface area contributed by atoms with Crippen molar-refractivity contribution in [2.75, 3.05) is 13.1 Å². The third-order valence-electron chi connectivity index (χ3n) is 2.35. The Labute approximate surface area is 111 Å². The lowest BCUT2D eigenvalue weighted by atomic mass is 10.2. The number of sulfonamides is 1. The SMILES string of the molecule is Cc1cc(Br)ccc1S(=O)(=O)NCCCCN. The molecule has 0 amide bonds. The molecule has 0 bridgehead atoms. The molecule has 0 radical (unpaired) electrons. The Morgan fingerprint density at radius 3 is 2.65 bits per heavy atom. The largest absolute Gasteiger partial charge is 0.330 e. The van der Waals surface area contributed by atoms with E-state index in [0.717, 1.165) is 22.9 Å². The number of nitrogens with two attached hydrogens (primary N) is 1. The van der Waals surface area contributed by atoms with Gasteiger partial charge < -0.3 is 5.73 Å². The van der Waals surface area contributed by atoms with Crippen LogP contribution in [0, 0.1) is 6.92 Å². The summed E-state index contributed by atoms with van der Waals surface area (Å²) in [6, 6.07) is 5.11. The second-order valence-corrected chi connectivity index (χ2v) is 6.45. The van der Waals surface area contributed by atoms with Gasteiger partial charge in [-0.1, -0.05) is 15.9 Å². The first-order chi connectivity index (χ1) is 7.97. The van der Waals surface area contributed by atoms with Gasteiger partial charge in [-0.05, 0) is 50.1 Å². The molecule has 0 aromatic heterocycles. The van der Waals surface area contributed by atoms with E-state index >= 15 is 0 Å². The van der Waals surface area contributed by atoms with Crippen molar-refractivity contribution in [1.82, 2.24) is 4.72 Å². The first kappa shape index (κ1) is 14.6. The second kappa shape index (κ2) is 6.49. The Morgan fingerprint density at radius 1 is 1.35 bits per heavy atom. The van der Waals surface area contributed by atoms with Crippen LogP contribution in [0.5, 0.6) is 0 Å². The van der Waals surface area contributed by atoms with E-state index in [0.29, 0.717) is 18.0 Å². The fraction of sp³-hybridized carbons (Fsp3) is 0.455. The van der Waals surface area contributed by atoms with Gasteiger partial charge in [-0.25, -0.2) is 13.1 Å². The minimum atomic E-state index is -3.40. The highest BCUT2D eigenvalue weighted by Gasteiger charge is 2.15. The lowest BCUT2D eigenvalue weighted by molar-refractivity contribution is 0.576. The summed E-state index contributed by atoms with van der Waals surface area (Å²) in [5.41, 5.74) is 6.08. The first-order valence-corrected chi connectivity index (χ1v) is 7.71.